The van der Waals surface area contributed by atoms with E-state index in [1.54, 1.807) is 6.20 Å². The Kier molecular flexibility index (Phi) is 3.88. The number of fused-ring (bicyclic) bond motifs is 1. The molecular formula is C17H14F2N2. The first-order valence-electron chi connectivity index (χ1n) is 6.70. The second-order valence-electron chi connectivity index (χ2n) is 4.85. The molecule has 3 rings (SSSR count). The predicted molar refractivity (Wildman–Crippen MR) is 78.6 cm³/mol. The van der Waals surface area contributed by atoms with Gasteiger partial charge in [0.2, 0.25) is 0 Å². The molecule has 0 saturated carbocycles. The Bertz CT molecular complexity index is 766. The number of nitrogens with zero attached hydrogens (tertiary/aromatic N) is 1. The SMILES string of the molecule is Fc1ccc(CNCc2cccc3cnccc23)c(F)c1. The van der Waals surface area contributed by atoms with Crippen LogP contribution in [0.4, 0.5) is 8.78 Å². The van der Waals surface area contributed by atoms with Crippen LogP contribution in [0, 0.1) is 11.6 Å². The number of halogens is 2. The van der Waals surface area contributed by atoms with E-state index in [-0.39, 0.29) is 0 Å². The molecule has 1 aromatic heterocycles. The Balaban J connectivity index is 1.72. The zero-order valence-electron chi connectivity index (χ0n) is 11.3. The number of aromatic nitrogens is 1. The van der Waals surface area contributed by atoms with Crippen molar-refractivity contribution in [3.63, 3.8) is 0 Å². The Labute approximate surface area is 121 Å². The lowest BCUT2D eigenvalue weighted by atomic mass is 10.1. The maximum absolute atomic E-state index is 13.5. The highest BCUT2D eigenvalue weighted by molar-refractivity contribution is 5.84. The summed E-state index contributed by atoms with van der Waals surface area (Å²) < 4.78 is 26.4. The third-order valence-electron chi connectivity index (χ3n) is 3.42. The number of hydrogen-bond donors (Lipinski definition) is 1. The van der Waals surface area contributed by atoms with Gasteiger partial charge in [-0.05, 0) is 23.1 Å². The number of nitrogens with one attached hydrogen (secondary N) is 1. The lowest BCUT2D eigenvalue weighted by Crippen LogP contribution is -2.14. The van der Waals surface area contributed by atoms with Gasteiger partial charge in [-0.3, -0.25) is 4.98 Å². The van der Waals surface area contributed by atoms with Crippen molar-refractivity contribution >= 4 is 10.8 Å². The summed E-state index contributed by atoms with van der Waals surface area (Å²) in [5, 5.41) is 5.39. The molecule has 0 bridgehead atoms. The fraction of sp³-hybridized carbons (Fsp3) is 0.118. The van der Waals surface area contributed by atoms with Crippen molar-refractivity contribution in [3.8, 4) is 0 Å². The van der Waals surface area contributed by atoms with Crippen molar-refractivity contribution in [1.82, 2.24) is 10.3 Å². The summed E-state index contributed by atoms with van der Waals surface area (Å²) in [5.74, 6) is -1.08. The number of rotatable bonds is 4. The van der Waals surface area contributed by atoms with Gasteiger partial charge in [0.1, 0.15) is 11.6 Å². The van der Waals surface area contributed by atoms with Gasteiger partial charge in [0.05, 0.1) is 0 Å². The molecule has 0 atom stereocenters. The lowest BCUT2D eigenvalue weighted by molar-refractivity contribution is 0.560. The zero-order chi connectivity index (χ0) is 14.7. The van der Waals surface area contributed by atoms with E-state index in [9.17, 15) is 8.78 Å². The van der Waals surface area contributed by atoms with Crippen molar-refractivity contribution in [1.29, 1.82) is 0 Å². The number of hydrogen-bond acceptors (Lipinski definition) is 2. The molecule has 3 aromatic rings. The molecule has 1 N–H and O–H groups in total. The normalized spacial score (nSPS) is 11.0. The smallest absolute Gasteiger partial charge is 0.130 e. The standard InChI is InChI=1S/C17H14F2N2/c18-15-5-4-14(17(19)8-15)11-21-10-13-3-1-2-12-9-20-7-6-16(12)13/h1-9,21H,10-11H2. The highest BCUT2D eigenvalue weighted by Gasteiger charge is 2.04. The summed E-state index contributed by atoms with van der Waals surface area (Å²) in [6.07, 6.45) is 3.57. The quantitative estimate of drug-likeness (QED) is 0.788. The fourth-order valence-electron chi connectivity index (χ4n) is 2.34. The molecule has 0 spiro atoms. The third-order valence-corrected chi connectivity index (χ3v) is 3.42. The summed E-state index contributed by atoms with van der Waals surface area (Å²) in [6, 6.07) is 11.6. The maximum atomic E-state index is 13.5. The molecule has 0 saturated heterocycles. The van der Waals surface area contributed by atoms with E-state index in [2.05, 4.69) is 10.3 Å². The van der Waals surface area contributed by atoms with Crippen LogP contribution in [0.5, 0.6) is 0 Å². The Morgan fingerprint density at radius 1 is 0.952 bits per heavy atom. The van der Waals surface area contributed by atoms with E-state index in [4.69, 9.17) is 0 Å². The van der Waals surface area contributed by atoms with Crippen LogP contribution in [-0.4, -0.2) is 4.98 Å². The highest BCUT2D eigenvalue weighted by atomic mass is 19.1. The second-order valence-corrected chi connectivity index (χ2v) is 4.85. The average molecular weight is 284 g/mol. The summed E-state index contributed by atoms with van der Waals surface area (Å²) in [5.41, 5.74) is 1.58. The van der Waals surface area contributed by atoms with Crippen molar-refractivity contribution < 1.29 is 8.78 Å². The minimum Gasteiger partial charge on any atom is -0.308 e. The number of pyridine rings is 1. The molecule has 21 heavy (non-hydrogen) atoms. The molecule has 0 aliphatic rings. The first-order chi connectivity index (χ1) is 10.2. The van der Waals surface area contributed by atoms with Gasteiger partial charge in [-0.25, -0.2) is 8.78 Å². The van der Waals surface area contributed by atoms with Crippen molar-refractivity contribution in [3.05, 3.63) is 77.6 Å². The van der Waals surface area contributed by atoms with E-state index in [1.807, 2.05) is 30.5 Å². The molecule has 2 aromatic carbocycles. The van der Waals surface area contributed by atoms with Gasteiger partial charge in [0, 0.05) is 42.5 Å². The predicted octanol–water partition coefficient (Wildman–Crippen LogP) is 3.80. The third kappa shape index (κ3) is 3.06. The van der Waals surface area contributed by atoms with Crippen LogP contribution in [0.25, 0.3) is 10.8 Å². The van der Waals surface area contributed by atoms with Gasteiger partial charge in [0.15, 0.2) is 0 Å². The monoisotopic (exact) mass is 284 g/mol. The lowest BCUT2D eigenvalue weighted by Gasteiger charge is -2.09. The van der Waals surface area contributed by atoms with Crippen LogP contribution in [0.3, 0.4) is 0 Å². The molecule has 1 heterocycles. The van der Waals surface area contributed by atoms with Crippen molar-refractivity contribution in [2.75, 3.05) is 0 Å². The van der Waals surface area contributed by atoms with Gasteiger partial charge < -0.3 is 5.32 Å². The van der Waals surface area contributed by atoms with Gasteiger partial charge in [-0.15, -0.1) is 0 Å². The van der Waals surface area contributed by atoms with Gasteiger partial charge in [0.25, 0.3) is 0 Å². The molecule has 0 radical (unpaired) electrons. The van der Waals surface area contributed by atoms with Crippen LogP contribution in [0.2, 0.25) is 0 Å². The molecule has 4 heteroatoms. The molecule has 0 aliphatic heterocycles. The van der Waals surface area contributed by atoms with Crippen molar-refractivity contribution in [2.45, 2.75) is 13.1 Å². The summed E-state index contributed by atoms with van der Waals surface area (Å²) in [4.78, 5) is 4.10. The maximum Gasteiger partial charge on any atom is 0.130 e. The minimum absolute atomic E-state index is 0.355. The molecule has 0 aliphatic carbocycles. The van der Waals surface area contributed by atoms with Crippen LogP contribution in [-0.2, 0) is 13.1 Å². The first kappa shape index (κ1) is 13.6. The van der Waals surface area contributed by atoms with E-state index in [0.29, 0.717) is 18.7 Å². The van der Waals surface area contributed by atoms with E-state index in [1.165, 1.54) is 12.1 Å². The molecule has 2 nitrogen and oxygen atoms in total. The molecule has 106 valence electrons. The molecule has 0 fully saturated rings. The van der Waals surface area contributed by atoms with Crippen LogP contribution in [0.15, 0.2) is 54.9 Å². The zero-order valence-corrected chi connectivity index (χ0v) is 11.3. The molecular weight excluding hydrogens is 270 g/mol. The molecule has 0 unspecified atom stereocenters. The topological polar surface area (TPSA) is 24.9 Å². The van der Waals surface area contributed by atoms with E-state index in [0.717, 1.165) is 22.4 Å². The van der Waals surface area contributed by atoms with E-state index < -0.39 is 11.6 Å². The Morgan fingerprint density at radius 2 is 1.81 bits per heavy atom. The minimum atomic E-state index is -0.558. The highest BCUT2D eigenvalue weighted by Crippen LogP contribution is 2.17. The number of benzene rings is 2. The van der Waals surface area contributed by atoms with Crippen molar-refractivity contribution in [2.24, 2.45) is 0 Å². The largest absolute Gasteiger partial charge is 0.308 e. The van der Waals surface area contributed by atoms with E-state index >= 15 is 0 Å². The fourth-order valence-corrected chi connectivity index (χ4v) is 2.34. The summed E-state index contributed by atoms with van der Waals surface area (Å²) >= 11 is 0. The van der Waals surface area contributed by atoms with Gasteiger partial charge in [-0.2, -0.15) is 0 Å². The summed E-state index contributed by atoms with van der Waals surface area (Å²) in [7, 11) is 0. The van der Waals surface area contributed by atoms with Gasteiger partial charge in [-0.1, -0.05) is 24.3 Å². The average Bonchev–Trinajstić information content (AvgIpc) is 2.50. The van der Waals surface area contributed by atoms with Gasteiger partial charge >= 0.3 is 0 Å². The van der Waals surface area contributed by atoms with Crippen LogP contribution < -0.4 is 5.32 Å². The Morgan fingerprint density at radius 3 is 2.67 bits per heavy atom. The summed E-state index contributed by atoms with van der Waals surface area (Å²) in [6.45, 7) is 0.964. The van der Waals surface area contributed by atoms with Crippen LogP contribution in [0.1, 0.15) is 11.1 Å². The first-order valence-corrected chi connectivity index (χ1v) is 6.70. The Hall–Kier alpha value is -2.33. The van der Waals surface area contributed by atoms with Crippen LogP contribution >= 0.6 is 0 Å². The second kappa shape index (κ2) is 5.97. The molecule has 0 amide bonds.